The van der Waals surface area contributed by atoms with Crippen molar-refractivity contribution in [1.29, 1.82) is 0 Å². The van der Waals surface area contributed by atoms with E-state index in [1.165, 1.54) is 22.3 Å². The summed E-state index contributed by atoms with van der Waals surface area (Å²) in [7, 11) is 0. The predicted octanol–water partition coefficient (Wildman–Crippen LogP) is 6.12. The molecule has 0 fully saturated rings. The van der Waals surface area contributed by atoms with Crippen LogP contribution in [-0.4, -0.2) is 12.3 Å². The van der Waals surface area contributed by atoms with Crippen LogP contribution < -0.4 is 0 Å². The van der Waals surface area contributed by atoms with Crippen molar-refractivity contribution in [2.75, 3.05) is 6.61 Å². The fraction of sp³-hybridized carbons (Fsp3) is 0.133. The molecule has 102 valence electrons. The van der Waals surface area contributed by atoms with Crippen LogP contribution in [0, 0.1) is 0 Å². The zero-order valence-electron chi connectivity index (χ0n) is 10.4. The Labute approximate surface area is 145 Å². The van der Waals surface area contributed by atoms with Crippen LogP contribution in [-0.2, 0) is 4.74 Å². The molecule has 0 unspecified atom stereocenters. The van der Waals surface area contributed by atoms with E-state index in [2.05, 4.69) is 80.5 Å². The smallest absolute Gasteiger partial charge is 0.346 e. The molecule has 3 rings (SSSR count). The molecule has 2 aromatic carbocycles. The van der Waals surface area contributed by atoms with Gasteiger partial charge in [0.1, 0.15) is 9.81 Å². The van der Waals surface area contributed by atoms with Crippen LogP contribution >= 0.6 is 47.3 Å². The van der Waals surface area contributed by atoms with Crippen LogP contribution in [0.2, 0.25) is 0 Å². The van der Waals surface area contributed by atoms with E-state index in [1.807, 2.05) is 12.1 Å². The van der Waals surface area contributed by atoms with Crippen molar-refractivity contribution >= 4 is 53.0 Å². The van der Waals surface area contributed by atoms with Gasteiger partial charge in [-0.2, -0.15) is 0 Å². The number of benzene rings is 2. The van der Waals surface area contributed by atoms with Crippen LogP contribution in [0.15, 0.2) is 48.5 Å². The number of carbonyl (C=O) groups excluding carboxylic acids is 1. The third-order valence-corrected chi connectivity index (χ3v) is 6.24. The summed E-state index contributed by atoms with van der Waals surface area (Å²) in [5.74, 6) is 0.161. The standard InChI is InChI=1S/C15H11I2O2P/c16-20(17)15(18)19-9-14-12-7-3-1-5-10(12)11-6-2-4-8-13(11)14/h1-8,14H,9H2. The molecule has 0 heterocycles. The molecule has 1 aliphatic rings. The lowest BCUT2D eigenvalue weighted by molar-refractivity contribution is 0.171. The molecule has 0 atom stereocenters. The molecular weight excluding hydrogens is 497 g/mol. The molecule has 1 aliphatic carbocycles. The Balaban J connectivity index is 1.93. The minimum atomic E-state index is -0.738. The number of hydrogen-bond donors (Lipinski definition) is 0. The topological polar surface area (TPSA) is 26.3 Å². The highest BCUT2D eigenvalue weighted by Crippen LogP contribution is 2.55. The van der Waals surface area contributed by atoms with Gasteiger partial charge in [-0.25, -0.2) is 4.79 Å². The molecule has 0 bridgehead atoms. The molecule has 2 aromatic rings. The molecule has 0 aliphatic heterocycles. The van der Waals surface area contributed by atoms with Gasteiger partial charge < -0.3 is 4.74 Å². The van der Waals surface area contributed by atoms with E-state index in [4.69, 9.17) is 4.74 Å². The second kappa shape index (κ2) is 6.28. The first kappa shape index (κ1) is 14.7. The Hall–Kier alpha value is -0.200. The summed E-state index contributed by atoms with van der Waals surface area (Å²) in [4.78, 5) is 11.7. The van der Waals surface area contributed by atoms with E-state index in [0.717, 1.165) is 0 Å². The lowest BCUT2D eigenvalue weighted by atomic mass is 9.98. The lowest BCUT2D eigenvalue weighted by Crippen LogP contribution is -2.08. The van der Waals surface area contributed by atoms with E-state index in [0.29, 0.717) is 6.61 Å². The monoisotopic (exact) mass is 508 g/mol. The maximum Gasteiger partial charge on any atom is 0.346 e. The second-order valence-electron chi connectivity index (χ2n) is 4.54. The number of rotatable bonds is 3. The van der Waals surface area contributed by atoms with Gasteiger partial charge in [-0.1, -0.05) is 48.5 Å². The molecule has 0 spiro atoms. The third kappa shape index (κ3) is 2.74. The van der Waals surface area contributed by atoms with E-state index in [-0.39, 0.29) is 11.6 Å². The lowest BCUT2D eigenvalue weighted by Gasteiger charge is -2.14. The van der Waals surface area contributed by atoms with Crippen molar-refractivity contribution in [3.8, 4) is 11.1 Å². The van der Waals surface area contributed by atoms with E-state index in [1.54, 1.807) is 0 Å². The minimum absolute atomic E-state index is 0.0944. The minimum Gasteiger partial charge on any atom is -0.460 e. The molecule has 2 nitrogen and oxygen atoms in total. The summed E-state index contributed by atoms with van der Waals surface area (Å²) in [6, 6.07) is 16.7. The quantitative estimate of drug-likeness (QED) is 0.369. The molecule has 0 aromatic heterocycles. The van der Waals surface area contributed by atoms with Crippen molar-refractivity contribution < 1.29 is 9.53 Å². The van der Waals surface area contributed by atoms with Gasteiger partial charge in [-0.3, -0.25) is 0 Å². The Bertz CT molecular complexity index is 612. The highest BCUT2D eigenvalue weighted by atomic mass is 127. The molecule has 0 N–H and O–H groups in total. The predicted molar refractivity (Wildman–Crippen MR) is 100 cm³/mol. The first-order valence-electron chi connectivity index (χ1n) is 6.15. The highest BCUT2D eigenvalue weighted by molar-refractivity contribution is 14.3. The average molecular weight is 508 g/mol. The van der Waals surface area contributed by atoms with Gasteiger partial charge in [0.25, 0.3) is 0 Å². The first-order chi connectivity index (χ1) is 9.68. The molecule has 0 radical (unpaired) electrons. The van der Waals surface area contributed by atoms with Crippen molar-refractivity contribution in [1.82, 2.24) is 0 Å². The van der Waals surface area contributed by atoms with E-state index < -0.39 is 3.21 Å². The number of carbonyl (C=O) groups is 1. The molecular formula is C15H11I2O2P. The summed E-state index contributed by atoms with van der Waals surface area (Å²) in [6.45, 7) is 0.428. The van der Waals surface area contributed by atoms with Gasteiger partial charge in [0, 0.05) is 5.92 Å². The first-order valence-corrected chi connectivity index (χ1v) is 13.1. The van der Waals surface area contributed by atoms with Crippen molar-refractivity contribution in [3.05, 3.63) is 59.7 Å². The molecule has 0 saturated carbocycles. The van der Waals surface area contributed by atoms with Crippen LogP contribution in [0.4, 0.5) is 4.79 Å². The second-order valence-corrected chi connectivity index (χ2v) is 16.7. The summed E-state index contributed by atoms with van der Waals surface area (Å²) in [5, 5.41) is 0. The van der Waals surface area contributed by atoms with Crippen molar-refractivity contribution in [2.24, 2.45) is 0 Å². The fourth-order valence-electron chi connectivity index (χ4n) is 2.64. The SMILES string of the molecule is O=C(OCC1c2ccccc2-c2ccccc21)P(I)I. The van der Waals surface area contributed by atoms with Crippen LogP contribution in [0.3, 0.4) is 0 Å². The third-order valence-electron chi connectivity index (χ3n) is 3.47. The Kier molecular flexibility index (Phi) is 4.62. The zero-order valence-corrected chi connectivity index (χ0v) is 15.6. The normalized spacial score (nSPS) is 13.2. The molecule has 5 heteroatoms. The fourth-order valence-corrected chi connectivity index (χ4v) is 3.65. The van der Waals surface area contributed by atoms with Gasteiger partial charge in [-0.15, -0.1) is 0 Å². The summed E-state index contributed by atoms with van der Waals surface area (Å²) in [6.07, 6.45) is 0. The van der Waals surface area contributed by atoms with Gasteiger partial charge in [0.2, 0.25) is 0 Å². The van der Waals surface area contributed by atoms with Gasteiger partial charge in [0.15, 0.2) is 0 Å². The van der Waals surface area contributed by atoms with Crippen LogP contribution in [0.1, 0.15) is 17.0 Å². The summed E-state index contributed by atoms with van der Waals surface area (Å²) in [5.41, 5.74) is 4.94. The number of halogens is 2. The summed E-state index contributed by atoms with van der Waals surface area (Å²) >= 11 is 4.26. The highest BCUT2D eigenvalue weighted by Gasteiger charge is 2.29. The Morgan fingerprint density at radius 1 is 1.00 bits per heavy atom. The van der Waals surface area contributed by atoms with Crippen molar-refractivity contribution in [2.45, 2.75) is 5.92 Å². The maximum absolute atomic E-state index is 11.7. The van der Waals surface area contributed by atoms with Gasteiger partial charge >= 0.3 is 5.71 Å². The largest absolute Gasteiger partial charge is 0.460 e. The zero-order chi connectivity index (χ0) is 14.1. The molecule has 0 amide bonds. The van der Waals surface area contributed by atoms with Crippen LogP contribution in [0.5, 0.6) is 0 Å². The van der Waals surface area contributed by atoms with Crippen LogP contribution in [0.25, 0.3) is 11.1 Å². The van der Waals surface area contributed by atoms with Gasteiger partial charge in [-0.05, 0) is 66.3 Å². The molecule has 20 heavy (non-hydrogen) atoms. The maximum atomic E-state index is 11.7. The molecule has 0 saturated heterocycles. The van der Waals surface area contributed by atoms with E-state index >= 15 is 0 Å². The number of hydrogen-bond acceptors (Lipinski definition) is 2. The van der Waals surface area contributed by atoms with E-state index in [9.17, 15) is 4.79 Å². The number of ether oxygens (including phenoxy) is 1. The average Bonchev–Trinajstić information content (AvgIpc) is 2.79. The Morgan fingerprint density at radius 2 is 1.50 bits per heavy atom. The number of fused-ring (bicyclic) bond motifs is 3. The Morgan fingerprint density at radius 3 is 2.00 bits per heavy atom. The van der Waals surface area contributed by atoms with Gasteiger partial charge in [0.05, 0.1) is 0 Å². The summed E-state index contributed by atoms with van der Waals surface area (Å²) < 4.78 is 4.74. The van der Waals surface area contributed by atoms with Crippen molar-refractivity contribution in [3.63, 3.8) is 0 Å².